The first-order valence-electron chi connectivity index (χ1n) is 9.99. The molecule has 0 bridgehead atoms. The quantitative estimate of drug-likeness (QED) is 0.439. The summed E-state index contributed by atoms with van der Waals surface area (Å²) in [6.07, 6.45) is 4.67. The Hall–Kier alpha value is -2.76. The molecular formula is C22H30N4O2. The van der Waals surface area contributed by atoms with E-state index in [2.05, 4.69) is 50.9 Å². The summed E-state index contributed by atoms with van der Waals surface area (Å²) in [7, 11) is 1.83. The van der Waals surface area contributed by atoms with Crippen LogP contribution in [0.4, 0.5) is 0 Å². The fourth-order valence-electron chi connectivity index (χ4n) is 3.65. The van der Waals surface area contributed by atoms with Gasteiger partial charge in [-0.2, -0.15) is 0 Å². The van der Waals surface area contributed by atoms with Crippen LogP contribution >= 0.6 is 0 Å². The van der Waals surface area contributed by atoms with E-state index in [0.29, 0.717) is 18.2 Å². The first kappa shape index (κ1) is 20.0. The highest BCUT2D eigenvalue weighted by molar-refractivity contribution is 5.92. The maximum absolute atomic E-state index is 12.0. The largest absolute Gasteiger partial charge is 0.459 e. The highest BCUT2D eigenvalue weighted by Gasteiger charge is 2.24. The lowest BCUT2D eigenvalue weighted by Gasteiger charge is -2.21. The molecule has 1 fully saturated rings. The van der Waals surface area contributed by atoms with Crippen molar-refractivity contribution in [2.24, 2.45) is 10.9 Å². The maximum Gasteiger partial charge on any atom is 0.287 e. The van der Waals surface area contributed by atoms with Gasteiger partial charge in [0.2, 0.25) is 0 Å². The average Bonchev–Trinajstić information content (AvgIpc) is 3.34. The van der Waals surface area contributed by atoms with Crippen LogP contribution in [0.2, 0.25) is 0 Å². The maximum atomic E-state index is 12.0. The van der Waals surface area contributed by atoms with Crippen LogP contribution in [0.5, 0.6) is 0 Å². The number of guanidine groups is 1. The van der Waals surface area contributed by atoms with Crippen molar-refractivity contribution < 1.29 is 9.21 Å². The number of benzene rings is 1. The predicted octanol–water partition coefficient (Wildman–Crippen LogP) is 2.85. The summed E-state index contributed by atoms with van der Waals surface area (Å²) < 4.78 is 5.21. The zero-order valence-electron chi connectivity index (χ0n) is 16.8. The minimum Gasteiger partial charge on any atom is -0.459 e. The monoisotopic (exact) mass is 382 g/mol. The predicted molar refractivity (Wildman–Crippen MR) is 112 cm³/mol. The van der Waals surface area contributed by atoms with Crippen molar-refractivity contribution in [2.75, 3.05) is 33.2 Å². The summed E-state index contributed by atoms with van der Waals surface area (Å²) >= 11 is 0. The highest BCUT2D eigenvalue weighted by atomic mass is 16.3. The fraction of sp³-hybridized carbons (Fsp3) is 0.455. The molecule has 1 unspecified atom stereocenters. The van der Waals surface area contributed by atoms with E-state index < -0.39 is 0 Å². The van der Waals surface area contributed by atoms with Gasteiger partial charge in [-0.25, -0.2) is 0 Å². The van der Waals surface area contributed by atoms with Crippen LogP contribution < -0.4 is 10.6 Å². The lowest BCUT2D eigenvalue weighted by atomic mass is 9.99. The Labute approximate surface area is 167 Å². The second-order valence-electron chi connectivity index (χ2n) is 7.31. The van der Waals surface area contributed by atoms with E-state index in [1.165, 1.54) is 18.2 Å². The van der Waals surface area contributed by atoms with Crippen molar-refractivity contribution in [3.05, 3.63) is 59.5 Å². The third kappa shape index (κ3) is 5.38. The van der Waals surface area contributed by atoms with Gasteiger partial charge in [0.05, 0.1) is 6.26 Å². The molecule has 150 valence electrons. The summed E-state index contributed by atoms with van der Waals surface area (Å²) in [5.74, 6) is 1.85. The number of likely N-dealkylation sites (tertiary alicyclic amines) is 1. The van der Waals surface area contributed by atoms with E-state index in [4.69, 9.17) is 4.42 Å². The second kappa shape index (κ2) is 9.97. The van der Waals surface area contributed by atoms with E-state index in [0.717, 1.165) is 44.0 Å². The Morgan fingerprint density at radius 3 is 2.71 bits per heavy atom. The summed E-state index contributed by atoms with van der Waals surface area (Å²) in [4.78, 5) is 18.8. The first-order chi connectivity index (χ1) is 13.7. The smallest absolute Gasteiger partial charge is 0.287 e. The average molecular weight is 383 g/mol. The molecule has 0 radical (unpaired) electrons. The lowest BCUT2D eigenvalue weighted by molar-refractivity contribution is 0.0925. The molecule has 2 aromatic rings. The van der Waals surface area contributed by atoms with E-state index in [1.807, 2.05) is 14.0 Å². The number of hydrogen-bond donors (Lipinski definition) is 2. The molecule has 1 atom stereocenters. The molecule has 2 heterocycles. The summed E-state index contributed by atoms with van der Waals surface area (Å²) in [5, 5.41) is 6.31. The number of carbonyl (C=O) groups excluding carboxylic acids is 1. The molecule has 0 spiro atoms. The van der Waals surface area contributed by atoms with Crippen LogP contribution in [-0.4, -0.2) is 50.0 Å². The molecule has 2 N–H and O–H groups in total. The normalized spacial score (nSPS) is 17.0. The van der Waals surface area contributed by atoms with Crippen molar-refractivity contribution >= 4 is 11.9 Å². The molecule has 1 aliphatic heterocycles. The molecule has 1 aromatic carbocycles. The Bertz CT molecular complexity index is 785. The van der Waals surface area contributed by atoms with E-state index in [-0.39, 0.29) is 5.91 Å². The number of nitrogens with one attached hydrogen (secondary N) is 2. The van der Waals surface area contributed by atoms with Gasteiger partial charge >= 0.3 is 0 Å². The number of amides is 1. The SMILES string of the molecule is CN=C(NCCCNC(=O)c1occc1C)N1CCC(Cc2ccccc2)C1. The van der Waals surface area contributed by atoms with Crippen molar-refractivity contribution in [3.63, 3.8) is 0 Å². The van der Waals surface area contributed by atoms with Gasteiger partial charge < -0.3 is 20.0 Å². The first-order valence-corrected chi connectivity index (χ1v) is 9.99. The molecule has 1 saturated heterocycles. The molecule has 28 heavy (non-hydrogen) atoms. The van der Waals surface area contributed by atoms with Gasteiger partial charge in [0.1, 0.15) is 0 Å². The number of nitrogens with zero attached hydrogens (tertiary/aromatic N) is 2. The number of furan rings is 1. The third-order valence-corrected chi connectivity index (χ3v) is 5.15. The zero-order valence-corrected chi connectivity index (χ0v) is 16.8. The molecule has 6 heteroatoms. The molecule has 1 amide bonds. The van der Waals surface area contributed by atoms with E-state index in [1.54, 1.807) is 6.07 Å². The number of carbonyl (C=O) groups is 1. The zero-order chi connectivity index (χ0) is 19.8. The number of aliphatic imine (C=N–C) groups is 1. The van der Waals surface area contributed by atoms with Gasteiger partial charge in [0, 0.05) is 38.8 Å². The molecule has 0 aliphatic carbocycles. The molecule has 6 nitrogen and oxygen atoms in total. The van der Waals surface area contributed by atoms with Crippen LogP contribution in [0.1, 0.15) is 34.5 Å². The van der Waals surface area contributed by atoms with E-state index >= 15 is 0 Å². The van der Waals surface area contributed by atoms with Gasteiger partial charge in [-0.05, 0) is 43.7 Å². The second-order valence-corrected chi connectivity index (χ2v) is 7.31. The van der Waals surface area contributed by atoms with Crippen LogP contribution in [0, 0.1) is 12.8 Å². The van der Waals surface area contributed by atoms with Crippen molar-refractivity contribution in [2.45, 2.75) is 26.2 Å². The molecule has 0 saturated carbocycles. The standard InChI is InChI=1S/C22H30N4O2/c1-17-10-14-28-20(17)21(27)24-11-6-12-25-22(23-2)26-13-9-19(16-26)15-18-7-4-3-5-8-18/h3-5,7-8,10,14,19H,6,9,11-13,15-16H2,1-2H3,(H,23,25)(H,24,27). The van der Waals surface area contributed by atoms with Crippen LogP contribution in [0.15, 0.2) is 52.1 Å². The van der Waals surface area contributed by atoms with E-state index in [9.17, 15) is 4.79 Å². The van der Waals surface area contributed by atoms with Gasteiger partial charge in [-0.15, -0.1) is 0 Å². The summed E-state index contributed by atoms with van der Waals surface area (Å²) in [6, 6.07) is 12.5. The Balaban J connectivity index is 1.36. The minimum atomic E-state index is -0.157. The summed E-state index contributed by atoms with van der Waals surface area (Å²) in [5.41, 5.74) is 2.26. The Kier molecular flexibility index (Phi) is 7.12. The summed E-state index contributed by atoms with van der Waals surface area (Å²) in [6.45, 7) is 5.30. The van der Waals surface area contributed by atoms with Crippen molar-refractivity contribution in [1.29, 1.82) is 0 Å². The molecule has 1 aliphatic rings. The van der Waals surface area contributed by atoms with Crippen LogP contribution in [0.25, 0.3) is 0 Å². The van der Waals surface area contributed by atoms with Crippen LogP contribution in [0.3, 0.4) is 0 Å². The molecular weight excluding hydrogens is 352 g/mol. The number of hydrogen-bond acceptors (Lipinski definition) is 3. The van der Waals surface area contributed by atoms with Gasteiger partial charge in [-0.1, -0.05) is 30.3 Å². The Morgan fingerprint density at radius 2 is 2.00 bits per heavy atom. The topological polar surface area (TPSA) is 69.9 Å². The number of rotatable bonds is 7. The lowest BCUT2D eigenvalue weighted by Crippen LogP contribution is -2.41. The third-order valence-electron chi connectivity index (χ3n) is 5.15. The van der Waals surface area contributed by atoms with Gasteiger partial charge in [-0.3, -0.25) is 9.79 Å². The minimum absolute atomic E-state index is 0.157. The molecule has 1 aromatic heterocycles. The number of aryl methyl sites for hydroxylation is 1. The van der Waals surface area contributed by atoms with Crippen molar-refractivity contribution in [3.8, 4) is 0 Å². The van der Waals surface area contributed by atoms with Gasteiger partial charge in [0.25, 0.3) is 5.91 Å². The van der Waals surface area contributed by atoms with Crippen molar-refractivity contribution in [1.82, 2.24) is 15.5 Å². The fourth-order valence-corrected chi connectivity index (χ4v) is 3.65. The molecule has 3 rings (SSSR count). The highest BCUT2D eigenvalue weighted by Crippen LogP contribution is 2.20. The van der Waals surface area contributed by atoms with Crippen LogP contribution in [-0.2, 0) is 6.42 Å². The van der Waals surface area contributed by atoms with Gasteiger partial charge in [0.15, 0.2) is 11.7 Å². The Morgan fingerprint density at radius 1 is 1.21 bits per heavy atom.